The van der Waals surface area contributed by atoms with Crippen LogP contribution in [0.5, 0.6) is 0 Å². The van der Waals surface area contributed by atoms with Crippen molar-refractivity contribution in [3.8, 4) is 11.5 Å². The van der Waals surface area contributed by atoms with Crippen LogP contribution in [0.3, 0.4) is 0 Å². The molecule has 0 spiro atoms. The van der Waals surface area contributed by atoms with Crippen molar-refractivity contribution in [3.05, 3.63) is 28.5 Å². The fraction of sp³-hybridized carbons (Fsp3) is 0.182. The molecule has 0 fully saturated rings. The van der Waals surface area contributed by atoms with Gasteiger partial charge in [-0.3, -0.25) is 4.79 Å². The normalized spacial score (nSPS) is 10.3. The molecule has 0 unspecified atom stereocenters. The van der Waals surface area contributed by atoms with E-state index in [1.807, 2.05) is 6.92 Å². The molecule has 3 N–H and O–H groups in total. The fourth-order valence-electron chi connectivity index (χ4n) is 1.39. The van der Waals surface area contributed by atoms with Crippen LogP contribution >= 0.6 is 15.9 Å². The zero-order chi connectivity index (χ0) is 13.1. The van der Waals surface area contributed by atoms with Crippen LogP contribution in [-0.4, -0.2) is 22.6 Å². The summed E-state index contributed by atoms with van der Waals surface area (Å²) in [5.41, 5.74) is 6.96. The molecular formula is C11H11BrN4O2. The third-order valence-corrected chi connectivity index (χ3v) is 2.94. The predicted octanol–water partition coefficient (Wildman–Crippen LogP) is 1.83. The minimum absolute atomic E-state index is 0.00812. The summed E-state index contributed by atoms with van der Waals surface area (Å²) in [4.78, 5) is 15.5. The van der Waals surface area contributed by atoms with Crippen LogP contribution in [0.15, 0.2) is 27.2 Å². The molecule has 1 heterocycles. The summed E-state index contributed by atoms with van der Waals surface area (Å²) in [7, 11) is 0. The van der Waals surface area contributed by atoms with Gasteiger partial charge in [0.1, 0.15) is 0 Å². The molecule has 1 amide bonds. The zero-order valence-electron chi connectivity index (χ0n) is 9.61. The molecule has 1 aromatic heterocycles. The number of benzene rings is 1. The number of nitrogen functional groups attached to an aromatic ring is 1. The molecule has 0 aliphatic heterocycles. The molecule has 0 saturated heterocycles. The van der Waals surface area contributed by atoms with Gasteiger partial charge in [0.2, 0.25) is 0 Å². The van der Waals surface area contributed by atoms with Gasteiger partial charge in [-0.15, -0.1) is 0 Å². The first kappa shape index (κ1) is 12.6. The second kappa shape index (κ2) is 5.18. The van der Waals surface area contributed by atoms with Crippen LogP contribution in [-0.2, 0) is 0 Å². The Morgan fingerprint density at radius 2 is 2.33 bits per heavy atom. The highest BCUT2D eigenvalue weighted by Crippen LogP contribution is 2.30. The maximum Gasteiger partial charge on any atom is 0.292 e. The van der Waals surface area contributed by atoms with Gasteiger partial charge in [-0.05, 0) is 35.0 Å². The largest absolute Gasteiger partial charge is 0.397 e. The van der Waals surface area contributed by atoms with Gasteiger partial charge in [0, 0.05) is 11.0 Å². The van der Waals surface area contributed by atoms with Crippen LogP contribution < -0.4 is 11.1 Å². The Kier molecular flexibility index (Phi) is 3.61. The number of anilines is 1. The Hall–Kier alpha value is -1.89. The molecule has 0 saturated carbocycles. The minimum atomic E-state index is -0.374. The molecule has 18 heavy (non-hydrogen) atoms. The third kappa shape index (κ3) is 2.35. The predicted molar refractivity (Wildman–Crippen MR) is 69.9 cm³/mol. The third-order valence-electron chi connectivity index (χ3n) is 2.25. The van der Waals surface area contributed by atoms with Crippen LogP contribution in [0.4, 0.5) is 5.69 Å². The van der Waals surface area contributed by atoms with E-state index in [0.29, 0.717) is 17.8 Å². The van der Waals surface area contributed by atoms with Crippen LogP contribution in [0.2, 0.25) is 0 Å². The molecule has 94 valence electrons. The first-order chi connectivity index (χ1) is 8.63. The highest BCUT2D eigenvalue weighted by Gasteiger charge is 2.17. The van der Waals surface area contributed by atoms with Gasteiger partial charge in [-0.1, -0.05) is 11.2 Å². The average molecular weight is 311 g/mol. The number of halogens is 1. The number of aromatic nitrogens is 2. The van der Waals surface area contributed by atoms with E-state index in [1.54, 1.807) is 18.2 Å². The van der Waals surface area contributed by atoms with Gasteiger partial charge in [-0.25, -0.2) is 0 Å². The number of nitrogens with two attached hydrogens (primary N) is 1. The Morgan fingerprint density at radius 1 is 1.56 bits per heavy atom. The molecular weight excluding hydrogens is 300 g/mol. The van der Waals surface area contributed by atoms with Gasteiger partial charge >= 0.3 is 0 Å². The van der Waals surface area contributed by atoms with Crippen molar-refractivity contribution in [2.75, 3.05) is 12.3 Å². The van der Waals surface area contributed by atoms with E-state index in [-0.39, 0.29) is 17.6 Å². The SMILES string of the molecule is CCNC(=O)c1noc(-c2cccc(Br)c2N)n1. The van der Waals surface area contributed by atoms with Crippen molar-refractivity contribution in [3.63, 3.8) is 0 Å². The molecule has 1 aromatic carbocycles. The standard InChI is InChI=1S/C11H11BrN4O2/c1-2-14-10(17)9-15-11(18-16-9)6-4-3-5-7(12)8(6)13/h3-5H,2,13H2,1H3,(H,14,17). The second-order valence-electron chi connectivity index (χ2n) is 3.48. The van der Waals surface area contributed by atoms with E-state index in [9.17, 15) is 4.79 Å². The van der Waals surface area contributed by atoms with Gasteiger partial charge in [0.25, 0.3) is 17.6 Å². The molecule has 0 radical (unpaired) electrons. The molecule has 2 rings (SSSR count). The van der Waals surface area contributed by atoms with E-state index in [2.05, 4.69) is 31.4 Å². The first-order valence-electron chi connectivity index (χ1n) is 5.29. The Balaban J connectivity index is 2.35. The van der Waals surface area contributed by atoms with E-state index in [4.69, 9.17) is 10.3 Å². The topological polar surface area (TPSA) is 94.0 Å². The van der Waals surface area contributed by atoms with Gasteiger partial charge in [0.15, 0.2) is 0 Å². The first-order valence-corrected chi connectivity index (χ1v) is 6.09. The summed E-state index contributed by atoms with van der Waals surface area (Å²) >= 11 is 3.31. The maximum atomic E-state index is 11.5. The lowest BCUT2D eigenvalue weighted by molar-refractivity contribution is 0.0942. The molecule has 0 bridgehead atoms. The second-order valence-corrected chi connectivity index (χ2v) is 4.34. The average Bonchev–Trinajstić information content (AvgIpc) is 2.82. The Bertz CT molecular complexity index is 582. The van der Waals surface area contributed by atoms with Crippen LogP contribution in [0.25, 0.3) is 11.5 Å². The highest BCUT2D eigenvalue weighted by molar-refractivity contribution is 9.10. The van der Waals surface area contributed by atoms with E-state index in [0.717, 1.165) is 4.47 Å². The monoisotopic (exact) mass is 310 g/mol. The molecule has 2 aromatic rings. The molecule has 0 aliphatic carbocycles. The summed E-state index contributed by atoms with van der Waals surface area (Å²) in [5.74, 6) is -0.164. The molecule has 7 heteroatoms. The number of nitrogens with zero attached hydrogens (tertiary/aromatic N) is 2. The van der Waals surface area contributed by atoms with Crippen molar-refractivity contribution in [2.45, 2.75) is 6.92 Å². The smallest absolute Gasteiger partial charge is 0.292 e. The van der Waals surface area contributed by atoms with Gasteiger partial charge in [-0.2, -0.15) is 4.98 Å². The van der Waals surface area contributed by atoms with Crippen molar-refractivity contribution in [2.24, 2.45) is 0 Å². The van der Waals surface area contributed by atoms with Crippen molar-refractivity contribution < 1.29 is 9.32 Å². The number of hydrogen-bond donors (Lipinski definition) is 2. The minimum Gasteiger partial charge on any atom is -0.397 e. The maximum absolute atomic E-state index is 11.5. The van der Waals surface area contributed by atoms with Crippen molar-refractivity contribution in [1.82, 2.24) is 15.5 Å². The molecule has 0 aliphatic rings. The number of amides is 1. The summed E-state index contributed by atoms with van der Waals surface area (Å²) in [6, 6.07) is 5.35. The highest BCUT2D eigenvalue weighted by atomic mass is 79.9. The Morgan fingerprint density at radius 3 is 3.06 bits per heavy atom. The van der Waals surface area contributed by atoms with Crippen molar-refractivity contribution >= 4 is 27.5 Å². The summed E-state index contributed by atoms with van der Waals surface area (Å²) in [5, 5.41) is 6.20. The lowest BCUT2D eigenvalue weighted by Gasteiger charge is -2.01. The fourth-order valence-corrected chi connectivity index (χ4v) is 1.75. The quantitative estimate of drug-likeness (QED) is 0.843. The lowest BCUT2D eigenvalue weighted by atomic mass is 10.2. The number of para-hydroxylation sites is 1. The lowest BCUT2D eigenvalue weighted by Crippen LogP contribution is -2.23. The van der Waals surface area contributed by atoms with Crippen LogP contribution in [0, 0.1) is 0 Å². The number of hydrogen-bond acceptors (Lipinski definition) is 5. The summed E-state index contributed by atoms with van der Waals surface area (Å²) in [6.07, 6.45) is 0. The Labute approximate surface area is 112 Å². The van der Waals surface area contributed by atoms with Crippen LogP contribution in [0.1, 0.15) is 17.5 Å². The molecule has 0 atom stereocenters. The number of rotatable bonds is 3. The summed E-state index contributed by atoms with van der Waals surface area (Å²) in [6.45, 7) is 2.31. The van der Waals surface area contributed by atoms with Crippen molar-refractivity contribution in [1.29, 1.82) is 0 Å². The zero-order valence-corrected chi connectivity index (χ0v) is 11.2. The van der Waals surface area contributed by atoms with E-state index in [1.165, 1.54) is 0 Å². The number of carbonyl (C=O) groups is 1. The summed E-state index contributed by atoms with van der Waals surface area (Å²) < 4.78 is 5.77. The molecule has 6 nitrogen and oxygen atoms in total. The van der Waals surface area contributed by atoms with Gasteiger partial charge in [0.05, 0.1) is 11.3 Å². The number of nitrogens with one attached hydrogen (secondary N) is 1. The van der Waals surface area contributed by atoms with E-state index >= 15 is 0 Å². The number of carbonyl (C=O) groups excluding carboxylic acids is 1. The van der Waals surface area contributed by atoms with Gasteiger partial charge < -0.3 is 15.6 Å². The van der Waals surface area contributed by atoms with E-state index < -0.39 is 0 Å².